The van der Waals surface area contributed by atoms with E-state index in [4.69, 9.17) is 14.5 Å². The van der Waals surface area contributed by atoms with Crippen LogP contribution >= 0.6 is 0 Å². The van der Waals surface area contributed by atoms with E-state index in [1.54, 1.807) is 32.4 Å². The maximum Gasteiger partial charge on any atom is 0.413 e. The van der Waals surface area contributed by atoms with Gasteiger partial charge in [0.15, 0.2) is 0 Å². The van der Waals surface area contributed by atoms with E-state index in [1.165, 1.54) is 4.57 Å². The Labute approximate surface area is 248 Å². The lowest BCUT2D eigenvalue weighted by molar-refractivity contribution is 0.114. The average Bonchev–Trinajstić information content (AvgIpc) is 3.02. The molecule has 1 saturated heterocycles. The smallest absolute Gasteiger partial charge is 0.413 e. The molecule has 10 nitrogen and oxygen atoms in total. The van der Waals surface area contributed by atoms with E-state index in [0.29, 0.717) is 12.5 Å². The summed E-state index contributed by atoms with van der Waals surface area (Å²) in [5.41, 5.74) is 4.85. The van der Waals surface area contributed by atoms with E-state index in [9.17, 15) is 9.59 Å². The first kappa shape index (κ1) is 32.3. The Kier molecular flexibility index (Phi) is 12.1. The second kappa shape index (κ2) is 15.7. The number of aryl methyl sites for hydroxylation is 1. The minimum atomic E-state index is -0.575. The number of nitrogens with one attached hydrogen (secondary N) is 2. The van der Waals surface area contributed by atoms with Gasteiger partial charge in [0.25, 0.3) is 5.56 Å². The lowest BCUT2D eigenvalue weighted by atomic mass is 9.95. The van der Waals surface area contributed by atoms with E-state index in [0.717, 1.165) is 65.3 Å². The van der Waals surface area contributed by atoms with E-state index < -0.39 is 6.09 Å². The van der Waals surface area contributed by atoms with Gasteiger partial charge in [0.1, 0.15) is 11.9 Å². The number of amides is 1. The highest BCUT2D eigenvalue weighted by molar-refractivity contribution is 6.06. The molecule has 4 heterocycles. The summed E-state index contributed by atoms with van der Waals surface area (Å²) in [5.74, 6) is 1.04. The Morgan fingerprint density at radius 1 is 1.05 bits per heavy atom. The van der Waals surface area contributed by atoms with Crippen LogP contribution in [0.15, 0.2) is 58.6 Å². The highest BCUT2D eigenvalue weighted by atomic mass is 16.5. The van der Waals surface area contributed by atoms with Crippen LogP contribution in [0.25, 0.3) is 22.4 Å². The minimum absolute atomic E-state index is 0.0904. The number of benzene rings is 1. The number of anilines is 1. The average molecular weight is 577 g/mol. The number of aromatic nitrogens is 2. The fourth-order valence-electron chi connectivity index (χ4n) is 4.63. The standard InChI is InChI=1S/C28H32N6O4.2C2H6/c1-4-37-28(36)32-27-30-16-20-13-19(18-7-12-34(3)25(35)15-18)14-23(26(20)31-27)24-6-5-22(17-29-24)38-21-8-10-33(2)11-9-21;2*1-2/h5-7,12-15,17,21H,4,8-11,16H2,1-3H3,(H2,30,31,32,36);2*1-2H3. The summed E-state index contributed by atoms with van der Waals surface area (Å²) in [4.78, 5) is 35.8. The van der Waals surface area contributed by atoms with Crippen molar-refractivity contribution in [3.05, 3.63) is 64.7 Å². The zero-order valence-electron chi connectivity index (χ0n) is 25.9. The van der Waals surface area contributed by atoms with Crippen molar-refractivity contribution in [2.45, 2.75) is 60.1 Å². The van der Waals surface area contributed by atoms with Crippen LogP contribution < -0.4 is 20.9 Å². The van der Waals surface area contributed by atoms with Gasteiger partial charge in [0.05, 0.1) is 30.7 Å². The second-order valence-corrected chi connectivity index (χ2v) is 9.56. The molecule has 1 aromatic carbocycles. The molecule has 0 atom stereocenters. The molecule has 2 aliphatic heterocycles. The van der Waals surface area contributed by atoms with Crippen LogP contribution in [0, 0.1) is 0 Å². The predicted octanol–water partition coefficient (Wildman–Crippen LogP) is 5.67. The van der Waals surface area contributed by atoms with Gasteiger partial charge in [-0.25, -0.2) is 9.79 Å². The van der Waals surface area contributed by atoms with Gasteiger partial charge in [0.2, 0.25) is 5.96 Å². The highest BCUT2D eigenvalue weighted by Crippen LogP contribution is 2.37. The molecule has 226 valence electrons. The number of pyridine rings is 2. The SMILES string of the molecule is CC.CC.CCOC(=O)NC1=NCc2cc(-c3ccn(C)c(=O)c3)cc(-c3ccc(OC4CCN(C)CC4)cn3)c2N1. The summed E-state index contributed by atoms with van der Waals surface area (Å²) in [6.07, 6.45) is 5.09. The third-order valence-corrected chi connectivity index (χ3v) is 6.79. The highest BCUT2D eigenvalue weighted by Gasteiger charge is 2.22. The molecule has 2 N–H and O–H groups in total. The number of piperidine rings is 1. The third kappa shape index (κ3) is 8.19. The van der Waals surface area contributed by atoms with Gasteiger partial charge >= 0.3 is 6.09 Å². The maximum atomic E-state index is 12.3. The molecule has 0 spiro atoms. The Morgan fingerprint density at radius 3 is 2.43 bits per heavy atom. The summed E-state index contributed by atoms with van der Waals surface area (Å²) < 4.78 is 12.7. The summed E-state index contributed by atoms with van der Waals surface area (Å²) in [6, 6.07) is 11.4. The number of carbonyl (C=O) groups is 1. The van der Waals surface area contributed by atoms with Crippen molar-refractivity contribution in [3.8, 4) is 28.1 Å². The number of rotatable bonds is 5. The Bertz CT molecular complexity index is 1410. The molecule has 1 fully saturated rings. The molecule has 0 unspecified atom stereocenters. The lowest BCUT2D eigenvalue weighted by Gasteiger charge is -2.29. The summed E-state index contributed by atoms with van der Waals surface area (Å²) in [5, 5.41) is 5.88. The van der Waals surface area contributed by atoms with Crippen LogP contribution in [0.5, 0.6) is 5.75 Å². The minimum Gasteiger partial charge on any atom is -0.489 e. The number of likely N-dealkylation sites (tertiary alicyclic amines) is 1. The van der Waals surface area contributed by atoms with Crippen LogP contribution in [0.3, 0.4) is 0 Å². The van der Waals surface area contributed by atoms with Crippen molar-refractivity contribution in [1.82, 2.24) is 19.8 Å². The van der Waals surface area contributed by atoms with Crippen LogP contribution in [0.1, 0.15) is 53.0 Å². The Balaban J connectivity index is 0.00000116. The number of fused-ring (bicyclic) bond motifs is 1. The Hall–Kier alpha value is -4.18. The number of aliphatic imine (C=N–C) groups is 1. The van der Waals surface area contributed by atoms with Crippen molar-refractivity contribution in [2.75, 3.05) is 32.1 Å². The van der Waals surface area contributed by atoms with Crippen molar-refractivity contribution >= 4 is 17.7 Å². The van der Waals surface area contributed by atoms with Crippen LogP contribution in [-0.2, 0) is 18.3 Å². The Morgan fingerprint density at radius 2 is 1.79 bits per heavy atom. The molecule has 10 heteroatoms. The fourth-order valence-corrected chi connectivity index (χ4v) is 4.63. The topological polar surface area (TPSA) is 110 Å². The lowest BCUT2D eigenvalue weighted by Crippen LogP contribution is -2.38. The fraction of sp³-hybridized carbons (Fsp3) is 0.438. The molecule has 0 bridgehead atoms. The molecule has 3 aromatic rings. The van der Waals surface area contributed by atoms with Gasteiger partial charge in [-0.15, -0.1) is 0 Å². The molecule has 2 aliphatic rings. The van der Waals surface area contributed by atoms with E-state index in [2.05, 4.69) is 27.6 Å². The van der Waals surface area contributed by atoms with Crippen LogP contribution in [0.4, 0.5) is 10.5 Å². The first-order chi connectivity index (χ1) is 20.4. The molecule has 0 radical (unpaired) electrons. The zero-order valence-corrected chi connectivity index (χ0v) is 25.9. The number of alkyl carbamates (subject to hydrolysis) is 1. The summed E-state index contributed by atoms with van der Waals surface area (Å²) >= 11 is 0. The van der Waals surface area contributed by atoms with Crippen LogP contribution in [0.2, 0.25) is 0 Å². The van der Waals surface area contributed by atoms with E-state index in [1.807, 2.05) is 58.0 Å². The van der Waals surface area contributed by atoms with E-state index in [-0.39, 0.29) is 18.3 Å². The molecule has 42 heavy (non-hydrogen) atoms. The summed E-state index contributed by atoms with van der Waals surface area (Å²) in [7, 11) is 3.85. The van der Waals surface area contributed by atoms with Crippen molar-refractivity contribution in [1.29, 1.82) is 0 Å². The monoisotopic (exact) mass is 576 g/mol. The number of guanidine groups is 1. The zero-order chi connectivity index (χ0) is 30.6. The van der Waals surface area contributed by atoms with Gasteiger partial charge in [-0.3, -0.25) is 15.1 Å². The maximum absolute atomic E-state index is 12.3. The number of ether oxygens (including phenoxy) is 2. The van der Waals surface area contributed by atoms with Crippen molar-refractivity contribution < 1.29 is 14.3 Å². The number of nitrogens with zero attached hydrogens (tertiary/aromatic N) is 4. The van der Waals surface area contributed by atoms with Gasteiger partial charge in [-0.1, -0.05) is 27.7 Å². The first-order valence-corrected chi connectivity index (χ1v) is 14.8. The normalized spacial score (nSPS) is 14.5. The molecule has 0 saturated carbocycles. The molecule has 5 rings (SSSR count). The van der Waals surface area contributed by atoms with Crippen LogP contribution in [-0.4, -0.2) is 59.4 Å². The van der Waals surface area contributed by atoms with Gasteiger partial charge in [-0.05, 0) is 73.8 Å². The number of hydrogen-bond acceptors (Lipinski definition) is 8. The number of hydrogen-bond donors (Lipinski definition) is 2. The second-order valence-electron chi connectivity index (χ2n) is 9.56. The van der Waals surface area contributed by atoms with Gasteiger partial charge in [0, 0.05) is 38.0 Å². The van der Waals surface area contributed by atoms with Crippen molar-refractivity contribution in [2.24, 2.45) is 12.0 Å². The predicted molar refractivity (Wildman–Crippen MR) is 169 cm³/mol. The molecular formula is C32H44N6O4. The molecular weight excluding hydrogens is 532 g/mol. The number of carbonyl (C=O) groups excluding carboxylic acids is 1. The molecule has 0 aliphatic carbocycles. The first-order valence-electron chi connectivity index (χ1n) is 14.8. The summed E-state index contributed by atoms with van der Waals surface area (Å²) in [6.45, 7) is 12.4. The third-order valence-electron chi connectivity index (χ3n) is 6.79. The van der Waals surface area contributed by atoms with Gasteiger partial charge in [-0.2, -0.15) is 0 Å². The molecule has 1 amide bonds. The van der Waals surface area contributed by atoms with E-state index >= 15 is 0 Å². The quantitative estimate of drug-likeness (QED) is 0.403. The largest absolute Gasteiger partial charge is 0.489 e. The molecule has 2 aromatic heterocycles. The van der Waals surface area contributed by atoms with Crippen molar-refractivity contribution in [3.63, 3.8) is 0 Å². The van der Waals surface area contributed by atoms with Gasteiger partial charge < -0.3 is 24.3 Å².